The molecule has 0 aliphatic carbocycles. The molecule has 1 atom stereocenters. The maximum atomic E-state index is 12.9. The lowest BCUT2D eigenvalue weighted by atomic mass is 10.0. The van der Waals surface area contributed by atoms with Crippen LogP contribution in [-0.4, -0.2) is 38.5 Å². The van der Waals surface area contributed by atoms with Crippen LogP contribution in [0.3, 0.4) is 0 Å². The number of hydrogen-bond acceptors (Lipinski definition) is 6. The summed E-state index contributed by atoms with van der Waals surface area (Å²) in [5.41, 5.74) is 0.300. The van der Waals surface area contributed by atoms with Crippen molar-refractivity contribution in [1.82, 2.24) is 15.2 Å². The molecule has 0 saturated carbocycles. The summed E-state index contributed by atoms with van der Waals surface area (Å²) < 4.78 is 31.5. The van der Waals surface area contributed by atoms with E-state index in [9.17, 15) is 13.9 Å². The number of aromatic nitrogens is 3. The number of ether oxygens (including phenoxy) is 1. The molecule has 8 heteroatoms. The van der Waals surface area contributed by atoms with Gasteiger partial charge in [0.1, 0.15) is 11.4 Å². The van der Waals surface area contributed by atoms with E-state index in [0.717, 1.165) is 17.9 Å². The Bertz CT molecular complexity index is 1030. The van der Waals surface area contributed by atoms with Crippen LogP contribution in [0.25, 0.3) is 22.0 Å². The standard InChI is InChI=1S/C20H20F2N4O2/c1-20(2)8-12(10-28-20)24-19-15-9-23-6-5-13(15)17(25-26-19)14-4-3-11(18(21)22)7-16(14)27/h3-7,9,12,18,27H,8,10H2,1-2H3,(H,24,26)/t12-/m0/s1. The van der Waals surface area contributed by atoms with Gasteiger partial charge in [-0.2, -0.15) is 0 Å². The molecule has 0 spiro atoms. The number of phenolic OH excluding ortho intramolecular Hbond substituents is 1. The number of halogens is 2. The zero-order valence-electron chi connectivity index (χ0n) is 15.5. The molecule has 1 aliphatic rings. The third-order valence-electron chi connectivity index (χ3n) is 4.86. The summed E-state index contributed by atoms with van der Waals surface area (Å²) in [6.07, 6.45) is 1.45. The molecule has 1 fully saturated rings. The number of pyridine rings is 1. The van der Waals surface area contributed by atoms with Gasteiger partial charge >= 0.3 is 0 Å². The fraction of sp³-hybridized carbons (Fsp3) is 0.350. The molecule has 2 N–H and O–H groups in total. The lowest BCUT2D eigenvalue weighted by Crippen LogP contribution is -2.23. The molecule has 1 saturated heterocycles. The minimum Gasteiger partial charge on any atom is -0.507 e. The zero-order chi connectivity index (χ0) is 19.9. The van der Waals surface area contributed by atoms with Gasteiger partial charge in [0.05, 0.1) is 18.2 Å². The molecule has 0 bridgehead atoms. The van der Waals surface area contributed by atoms with E-state index in [-0.39, 0.29) is 23.0 Å². The molecule has 0 amide bonds. The maximum Gasteiger partial charge on any atom is 0.263 e. The van der Waals surface area contributed by atoms with Crippen LogP contribution in [0.1, 0.15) is 32.3 Å². The fourth-order valence-electron chi connectivity index (χ4n) is 3.51. The second-order valence-corrected chi connectivity index (χ2v) is 7.51. The molecule has 4 rings (SSSR count). The van der Waals surface area contributed by atoms with Crippen LogP contribution in [0.4, 0.5) is 14.6 Å². The summed E-state index contributed by atoms with van der Waals surface area (Å²) in [5.74, 6) is 0.304. The Labute approximate surface area is 160 Å². The first-order chi connectivity index (χ1) is 13.3. The number of benzene rings is 1. The van der Waals surface area contributed by atoms with Crippen molar-refractivity contribution >= 4 is 16.6 Å². The highest BCUT2D eigenvalue weighted by atomic mass is 19.3. The number of nitrogens with one attached hydrogen (secondary N) is 1. The summed E-state index contributed by atoms with van der Waals surface area (Å²) in [6, 6.07) is 5.62. The molecule has 3 heterocycles. The van der Waals surface area contributed by atoms with Crippen molar-refractivity contribution in [2.24, 2.45) is 0 Å². The summed E-state index contributed by atoms with van der Waals surface area (Å²) in [6.45, 7) is 4.64. The number of anilines is 1. The van der Waals surface area contributed by atoms with E-state index >= 15 is 0 Å². The van der Waals surface area contributed by atoms with Gasteiger partial charge in [-0.15, -0.1) is 10.2 Å². The Morgan fingerprint density at radius 2 is 2.04 bits per heavy atom. The number of alkyl halides is 2. The fourth-order valence-corrected chi connectivity index (χ4v) is 3.51. The quantitative estimate of drug-likeness (QED) is 0.695. The molecular formula is C20H20F2N4O2. The van der Waals surface area contributed by atoms with Gasteiger partial charge in [0, 0.05) is 34.3 Å². The van der Waals surface area contributed by atoms with Crippen LogP contribution in [0, 0.1) is 0 Å². The van der Waals surface area contributed by atoms with Crippen molar-refractivity contribution in [3.8, 4) is 17.0 Å². The van der Waals surface area contributed by atoms with Crippen molar-refractivity contribution in [3.05, 3.63) is 42.2 Å². The van der Waals surface area contributed by atoms with E-state index in [1.54, 1.807) is 18.5 Å². The molecule has 146 valence electrons. The second kappa shape index (κ2) is 6.94. The van der Waals surface area contributed by atoms with Gasteiger partial charge in [-0.25, -0.2) is 8.78 Å². The molecule has 2 aromatic heterocycles. The molecule has 3 aromatic rings. The summed E-state index contributed by atoms with van der Waals surface area (Å²) in [4.78, 5) is 4.17. The number of rotatable bonds is 4. The number of hydrogen-bond donors (Lipinski definition) is 2. The smallest absolute Gasteiger partial charge is 0.263 e. The minimum atomic E-state index is -2.66. The van der Waals surface area contributed by atoms with E-state index in [1.165, 1.54) is 12.1 Å². The first kappa shape index (κ1) is 18.5. The van der Waals surface area contributed by atoms with Crippen LogP contribution in [0.15, 0.2) is 36.7 Å². The predicted molar refractivity (Wildman–Crippen MR) is 101 cm³/mol. The monoisotopic (exact) mass is 386 g/mol. The predicted octanol–water partition coefficient (Wildman–Crippen LogP) is 4.31. The van der Waals surface area contributed by atoms with Crippen LogP contribution in [0.2, 0.25) is 0 Å². The molecule has 6 nitrogen and oxygen atoms in total. The summed E-state index contributed by atoms with van der Waals surface area (Å²) >= 11 is 0. The van der Waals surface area contributed by atoms with Crippen molar-refractivity contribution in [3.63, 3.8) is 0 Å². The van der Waals surface area contributed by atoms with Crippen LogP contribution >= 0.6 is 0 Å². The van der Waals surface area contributed by atoms with Gasteiger partial charge < -0.3 is 15.2 Å². The summed E-state index contributed by atoms with van der Waals surface area (Å²) in [7, 11) is 0. The molecule has 1 aliphatic heterocycles. The van der Waals surface area contributed by atoms with Crippen LogP contribution < -0.4 is 5.32 Å². The first-order valence-corrected chi connectivity index (χ1v) is 8.96. The molecule has 1 aromatic carbocycles. The van der Waals surface area contributed by atoms with Crippen molar-refractivity contribution < 1.29 is 18.6 Å². The SMILES string of the molecule is CC1(C)C[C@H](Nc2nnc(-c3ccc(C(F)F)cc3O)c3ccncc23)CO1. The van der Waals surface area contributed by atoms with Gasteiger partial charge in [-0.3, -0.25) is 4.98 Å². The topological polar surface area (TPSA) is 80.2 Å². The third-order valence-corrected chi connectivity index (χ3v) is 4.86. The van der Waals surface area contributed by atoms with Gasteiger partial charge in [-0.05, 0) is 38.5 Å². The lowest BCUT2D eigenvalue weighted by Gasteiger charge is -2.17. The number of aromatic hydroxyl groups is 1. The lowest BCUT2D eigenvalue weighted by molar-refractivity contribution is 0.0363. The van der Waals surface area contributed by atoms with Gasteiger partial charge in [0.2, 0.25) is 0 Å². The van der Waals surface area contributed by atoms with E-state index < -0.39 is 6.43 Å². The average molecular weight is 386 g/mol. The van der Waals surface area contributed by atoms with Crippen molar-refractivity contribution in [2.75, 3.05) is 11.9 Å². The van der Waals surface area contributed by atoms with Crippen molar-refractivity contribution in [2.45, 2.75) is 38.3 Å². The maximum absolute atomic E-state index is 12.9. The largest absolute Gasteiger partial charge is 0.507 e. The highest BCUT2D eigenvalue weighted by molar-refractivity contribution is 6.00. The van der Waals surface area contributed by atoms with Gasteiger partial charge in [0.25, 0.3) is 6.43 Å². The summed E-state index contributed by atoms with van der Waals surface area (Å²) in [5, 5.41) is 23.6. The van der Waals surface area contributed by atoms with Crippen LogP contribution in [0.5, 0.6) is 5.75 Å². The normalized spacial score (nSPS) is 18.7. The Morgan fingerprint density at radius 3 is 2.71 bits per heavy atom. The number of phenols is 1. The second-order valence-electron chi connectivity index (χ2n) is 7.51. The highest BCUT2D eigenvalue weighted by Gasteiger charge is 2.32. The Hall–Kier alpha value is -2.87. The Morgan fingerprint density at radius 1 is 1.21 bits per heavy atom. The van der Waals surface area contributed by atoms with Gasteiger partial charge in [0.15, 0.2) is 5.82 Å². The first-order valence-electron chi connectivity index (χ1n) is 8.96. The molecule has 0 radical (unpaired) electrons. The van der Waals surface area contributed by atoms with E-state index in [2.05, 4.69) is 20.5 Å². The third kappa shape index (κ3) is 3.47. The van der Waals surface area contributed by atoms with E-state index in [0.29, 0.717) is 29.1 Å². The average Bonchev–Trinajstić information content (AvgIpc) is 3.00. The molecule has 0 unspecified atom stereocenters. The van der Waals surface area contributed by atoms with E-state index in [1.807, 2.05) is 13.8 Å². The zero-order valence-corrected chi connectivity index (χ0v) is 15.5. The Balaban J connectivity index is 1.74. The number of fused-ring (bicyclic) bond motifs is 1. The molecule has 28 heavy (non-hydrogen) atoms. The number of nitrogens with zero attached hydrogens (tertiary/aromatic N) is 3. The highest BCUT2D eigenvalue weighted by Crippen LogP contribution is 2.37. The van der Waals surface area contributed by atoms with E-state index in [4.69, 9.17) is 4.74 Å². The van der Waals surface area contributed by atoms with Gasteiger partial charge in [-0.1, -0.05) is 6.07 Å². The van der Waals surface area contributed by atoms with Crippen molar-refractivity contribution in [1.29, 1.82) is 0 Å². The molecular weight excluding hydrogens is 366 g/mol. The minimum absolute atomic E-state index is 0.0947. The van der Waals surface area contributed by atoms with Crippen LogP contribution in [-0.2, 0) is 4.74 Å². The Kier molecular flexibility index (Phi) is 4.58.